The average Bonchev–Trinajstić information content (AvgIpc) is 2.83. The molecule has 0 bridgehead atoms. The second-order valence-corrected chi connectivity index (χ2v) is 9.10. The number of hydrogen-bond donors (Lipinski definition) is 2. The molecule has 0 fully saturated rings. The summed E-state index contributed by atoms with van der Waals surface area (Å²) < 4.78 is 5.82. The highest BCUT2D eigenvalue weighted by Crippen LogP contribution is 2.26. The van der Waals surface area contributed by atoms with E-state index in [4.69, 9.17) is 16.3 Å². The van der Waals surface area contributed by atoms with Crippen molar-refractivity contribution in [2.75, 3.05) is 11.9 Å². The predicted molar refractivity (Wildman–Crippen MR) is 138 cm³/mol. The van der Waals surface area contributed by atoms with E-state index < -0.39 is 0 Å². The van der Waals surface area contributed by atoms with Crippen LogP contribution in [0.4, 0.5) is 5.69 Å². The molecule has 0 aliphatic carbocycles. The van der Waals surface area contributed by atoms with Crippen molar-refractivity contribution in [2.45, 2.75) is 90.6 Å². The minimum absolute atomic E-state index is 0.0687. The van der Waals surface area contributed by atoms with Crippen LogP contribution in [0.5, 0.6) is 5.75 Å². The molecule has 0 heterocycles. The minimum atomic E-state index is -0.250. The summed E-state index contributed by atoms with van der Waals surface area (Å²) in [5.41, 5.74) is 1.84. The Morgan fingerprint density at radius 2 is 1.52 bits per heavy atom. The van der Waals surface area contributed by atoms with Crippen LogP contribution < -0.4 is 10.1 Å². The number of carbonyl (C=O) groups excluding carboxylic acids is 1. The third kappa shape index (κ3) is 11.1. The topological polar surface area (TPSA) is 58.6 Å². The number of benzene rings is 2. The SMILES string of the molecule is CCCCCCCCCCCCCCOc1ccc(C(=O)Nc2cccc(CO)c2)cc1Cl. The lowest BCUT2D eigenvalue weighted by Crippen LogP contribution is -2.12. The molecule has 0 saturated carbocycles. The van der Waals surface area contributed by atoms with E-state index in [1.165, 1.54) is 70.6 Å². The fourth-order valence-electron chi connectivity index (χ4n) is 3.84. The molecule has 2 aromatic rings. The molecule has 2 rings (SSSR count). The Hall–Kier alpha value is -2.04. The predicted octanol–water partition coefficient (Wildman–Crippen LogP) is 8.16. The van der Waals surface area contributed by atoms with Gasteiger partial charge in [-0.05, 0) is 42.3 Å². The lowest BCUT2D eigenvalue weighted by molar-refractivity contribution is 0.102. The van der Waals surface area contributed by atoms with Gasteiger partial charge < -0.3 is 15.2 Å². The molecule has 0 spiro atoms. The highest BCUT2D eigenvalue weighted by Gasteiger charge is 2.10. The minimum Gasteiger partial charge on any atom is -0.492 e. The highest BCUT2D eigenvalue weighted by molar-refractivity contribution is 6.32. The molecule has 0 atom stereocenters. The maximum atomic E-state index is 12.5. The van der Waals surface area contributed by atoms with Crippen LogP contribution in [0.15, 0.2) is 42.5 Å². The number of amides is 1. The molecule has 0 aromatic heterocycles. The van der Waals surface area contributed by atoms with Gasteiger partial charge in [-0.25, -0.2) is 0 Å². The number of aliphatic hydroxyl groups excluding tert-OH is 1. The number of ether oxygens (including phenoxy) is 1. The first-order valence-corrected chi connectivity index (χ1v) is 13.0. The van der Waals surface area contributed by atoms with Crippen LogP contribution in [-0.2, 0) is 6.61 Å². The Balaban J connectivity index is 1.60. The summed E-state index contributed by atoms with van der Waals surface area (Å²) in [6.07, 6.45) is 15.7. The van der Waals surface area contributed by atoms with E-state index in [-0.39, 0.29) is 12.5 Å². The zero-order valence-corrected chi connectivity index (χ0v) is 20.8. The van der Waals surface area contributed by atoms with Crippen LogP contribution >= 0.6 is 11.6 Å². The molecule has 182 valence electrons. The number of aliphatic hydroxyl groups is 1. The second kappa shape index (κ2) is 16.6. The zero-order chi connectivity index (χ0) is 23.7. The first-order valence-electron chi connectivity index (χ1n) is 12.6. The van der Waals surface area contributed by atoms with Gasteiger partial charge in [0.15, 0.2) is 0 Å². The van der Waals surface area contributed by atoms with Gasteiger partial charge in [0.1, 0.15) is 5.75 Å². The Morgan fingerprint density at radius 3 is 2.12 bits per heavy atom. The molecule has 5 heteroatoms. The van der Waals surface area contributed by atoms with Crippen molar-refractivity contribution >= 4 is 23.2 Å². The molecule has 0 unspecified atom stereocenters. The summed E-state index contributed by atoms with van der Waals surface area (Å²) in [6, 6.07) is 12.2. The summed E-state index contributed by atoms with van der Waals surface area (Å²) in [6.45, 7) is 2.83. The third-order valence-electron chi connectivity index (χ3n) is 5.82. The summed E-state index contributed by atoms with van der Waals surface area (Å²) in [5, 5.41) is 12.5. The Labute approximate surface area is 204 Å². The van der Waals surface area contributed by atoms with Gasteiger partial charge in [-0.15, -0.1) is 0 Å². The molecule has 4 nitrogen and oxygen atoms in total. The quantitative estimate of drug-likeness (QED) is 0.228. The van der Waals surface area contributed by atoms with Gasteiger partial charge in [0.05, 0.1) is 18.2 Å². The lowest BCUT2D eigenvalue weighted by atomic mass is 10.1. The van der Waals surface area contributed by atoms with Crippen molar-refractivity contribution in [3.63, 3.8) is 0 Å². The maximum absolute atomic E-state index is 12.5. The van der Waals surface area contributed by atoms with Gasteiger partial charge in [0.2, 0.25) is 0 Å². The molecule has 33 heavy (non-hydrogen) atoms. The number of nitrogens with one attached hydrogen (secondary N) is 1. The average molecular weight is 474 g/mol. The summed E-state index contributed by atoms with van der Waals surface area (Å²) in [5.74, 6) is 0.359. The van der Waals surface area contributed by atoms with Gasteiger partial charge in [0.25, 0.3) is 5.91 Å². The third-order valence-corrected chi connectivity index (χ3v) is 6.11. The van der Waals surface area contributed by atoms with Gasteiger partial charge in [-0.1, -0.05) is 101 Å². The van der Waals surface area contributed by atoms with Gasteiger partial charge >= 0.3 is 0 Å². The van der Waals surface area contributed by atoms with Crippen LogP contribution in [0.25, 0.3) is 0 Å². The molecular formula is C28H40ClNO3. The fourth-order valence-corrected chi connectivity index (χ4v) is 4.07. The van der Waals surface area contributed by atoms with E-state index >= 15 is 0 Å². The van der Waals surface area contributed by atoms with E-state index in [0.717, 1.165) is 12.0 Å². The monoisotopic (exact) mass is 473 g/mol. The number of halogens is 1. The van der Waals surface area contributed by atoms with Gasteiger partial charge in [-0.3, -0.25) is 4.79 Å². The maximum Gasteiger partial charge on any atom is 0.255 e. The van der Waals surface area contributed by atoms with Crippen molar-refractivity contribution in [1.29, 1.82) is 0 Å². The molecule has 2 N–H and O–H groups in total. The Bertz CT molecular complexity index is 825. The van der Waals surface area contributed by atoms with Crippen molar-refractivity contribution in [2.24, 2.45) is 0 Å². The van der Waals surface area contributed by atoms with Crippen LogP contribution in [0.3, 0.4) is 0 Å². The van der Waals surface area contributed by atoms with Crippen LogP contribution in [0, 0.1) is 0 Å². The molecule has 0 aliphatic heterocycles. The molecule has 1 amide bonds. The molecule has 0 aliphatic rings. The van der Waals surface area contributed by atoms with Crippen LogP contribution in [0.2, 0.25) is 5.02 Å². The smallest absolute Gasteiger partial charge is 0.255 e. The molecule has 0 saturated heterocycles. The van der Waals surface area contributed by atoms with Crippen molar-refractivity contribution in [1.82, 2.24) is 0 Å². The van der Waals surface area contributed by atoms with E-state index in [1.807, 2.05) is 0 Å². The number of unbranched alkanes of at least 4 members (excludes halogenated alkanes) is 11. The standard InChI is InChI=1S/C28H40ClNO3/c1-2-3-4-5-6-7-8-9-10-11-12-13-19-33-27-18-17-24(21-26(27)29)28(32)30-25-16-14-15-23(20-25)22-31/h14-18,20-21,31H,2-13,19,22H2,1H3,(H,30,32). The second-order valence-electron chi connectivity index (χ2n) is 8.70. The summed E-state index contributed by atoms with van der Waals surface area (Å²) >= 11 is 6.34. The zero-order valence-electron chi connectivity index (χ0n) is 20.1. The van der Waals surface area contributed by atoms with Gasteiger partial charge in [-0.2, -0.15) is 0 Å². The van der Waals surface area contributed by atoms with E-state index in [1.54, 1.807) is 42.5 Å². The van der Waals surface area contributed by atoms with E-state index in [0.29, 0.717) is 28.6 Å². The first kappa shape index (κ1) is 27.2. The van der Waals surface area contributed by atoms with E-state index in [2.05, 4.69) is 12.2 Å². The number of carbonyl (C=O) groups is 1. The normalized spacial score (nSPS) is 10.9. The van der Waals surface area contributed by atoms with Crippen LogP contribution in [-0.4, -0.2) is 17.6 Å². The fraction of sp³-hybridized carbons (Fsp3) is 0.536. The number of hydrogen-bond acceptors (Lipinski definition) is 3. The van der Waals surface area contributed by atoms with Crippen molar-refractivity contribution < 1.29 is 14.6 Å². The van der Waals surface area contributed by atoms with Crippen LogP contribution in [0.1, 0.15) is 99.9 Å². The summed E-state index contributed by atoms with van der Waals surface area (Å²) in [4.78, 5) is 12.5. The lowest BCUT2D eigenvalue weighted by Gasteiger charge is -2.10. The van der Waals surface area contributed by atoms with Gasteiger partial charge in [0, 0.05) is 11.3 Å². The Kier molecular flexibility index (Phi) is 13.6. The molecule has 0 radical (unpaired) electrons. The highest BCUT2D eigenvalue weighted by atomic mass is 35.5. The Morgan fingerprint density at radius 1 is 0.879 bits per heavy atom. The largest absolute Gasteiger partial charge is 0.492 e. The van der Waals surface area contributed by atoms with E-state index in [9.17, 15) is 9.90 Å². The number of rotatable bonds is 17. The first-order chi connectivity index (χ1) is 16.1. The van der Waals surface area contributed by atoms with Crippen molar-refractivity contribution in [3.05, 3.63) is 58.6 Å². The molecular weight excluding hydrogens is 434 g/mol. The molecule has 2 aromatic carbocycles. The number of anilines is 1. The van der Waals surface area contributed by atoms with Crippen molar-refractivity contribution in [3.8, 4) is 5.75 Å². The summed E-state index contributed by atoms with van der Waals surface area (Å²) in [7, 11) is 0.